The number of amides is 1. The monoisotopic (exact) mass is 324 g/mol. The first-order valence-electron chi connectivity index (χ1n) is 6.84. The van der Waals surface area contributed by atoms with Crippen LogP contribution in [0.2, 0.25) is 0 Å². The highest BCUT2D eigenvalue weighted by atomic mass is 79.9. The first-order chi connectivity index (χ1) is 9.15. The van der Waals surface area contributed by atoms with E-state index in [-0.39, 0.29) is 5.91 Å². The van der Waals surface area contributed by atoms with E-state index in [4.69, 9.17) is 0 Å². The number of rotatable bonds is 5. The minimum absolute atomic E-state index is 0.245. The lowest BCUT2D eigenvalue weighted by Gasteiger charge is -2.18. The van der Waals surface area contributed by atoms with Gasteiger partial charge in [-0.15, -0.1) is 0 Å². The maximum Gasteiger partial charge on any atom is 0.222 e. The van der Waals surface area contributed by atoms with Crippen molar-refractivity contribution in [1.82, 2.24) is 10.2 Å². The second-order valence-corrected chi connectivity index (χ2v) is 6.19. The van der Waals surface area contributed by atoms with Crippen LogP contribution in [0.25, 0.3) is 0 Å². The first kappa shape index (κ1) is 14.5. The summed E-state index contributed by atoms with van der Waals surface area (Å²) in [6, 6.07) is 8.12. The Labute approximate surface area is 123 Å². The van der Waals surface area contributed by atoms with Crippen molar-refractivity contribution in [2.24, 2.45) is 5.92 Å². The summed E-state index contributed by atoms with van der Waals surface area (Å²) >= 11 is 3.42. The van der Waals surface area contributed by atoms with Gasteiger partial charge in [0, 0.05) is 24.5 Å². The summed E-state index contributed by atoms with van der Waals surface area (Å²) in [5.41, 5.74) is 1.17. The van der Waals surface area contributed by atoms with Crippen molar-refractivity contribution in [3.05, 3.63) is 34.3 Å². The number of halogens is 1. The first-order valence-corrected chi connectivity index (χ1v) is 7.63. The number of carbonyl (C=O) groups excluding carboxylic acids is 1. The fourth-order valence-corrected chi connectivity index (χ4v) is 2.70. The molecule has 1 amide bonds. The second kappa shape index (κ2) is 7.06. The van der Waals surface area contributed by atoms with Crippen molar-refractivity contribution < 1.29 is 4.79 Å². The Hall–Kier alpha value is -0.870. The number of benzene rings is 1. The van der Waals surface area contributed by atoms with Crippen molar-refractivity contribution in [3.8, 4) is 0 Å². The van der Waals surface area contributed by atoms with E-state index in [9.17, 15) is 4.79 Å². The Balaban J connectivity index is 1.76. The molecule has 1 heterocycles. The number of hydrogen-bond acceptors (Lipinski definition) is 2. The van der Waals surface area contributed by atoms with Crippen LogP contribution in [0.15, 0.2) is 28.7 Å². The van der Waals surface area contributed by atoms with Gasteiger partial charge in [0.15, 0.2) is 0 Å². The van der Waals surface area contributed by atoms with E-state index in [2.05, 4.69) is 33.4 Å². The molecule has 0 saturated carbocycles. The maximum absolute atomic E-state index is 12.1. The van der Waals surface area contributed by atoms with Gasteiger partial charge in [-0.3, -0.25) is 4.79 Å². The zero-order chi connectivity index (χ0) is 13.7. The lowest BCUT2D eigenvalue weighted by molar-refractivity contribution is -0.130. The fraction of sp³-hybridized carbons (Fsp3) is 0.533. The molecule has 1 atom stereocenters. The number of hydrogen-bond donors (Lipinski definition) is 1. The number of nitrogens with one attached hydrogen (secondary N) is 1. The van der Waals surface area contributed by atoms with Gasteiger partial charge in [-0.05, 0) is 49.5 Å². The van der Waals surface area contributed by atoms with Crippen LogP contribution < -0.4 is 5.32 Å². The second-order valence-electron chi connectivity index (χ2n) is 5.27. The summed E-state index contributed by atoms with van der Waals surface area (Å²) in [5.74, 6) is 0.930. The molecule has 0 aromatic heterocycles. The van der Waals surface area contributed by atoms with E-state index in [0.717, 1.165) is 24.0 Å². The van der Waals surface area contributed by atoms with Crippen molar-refractivity contribution >= 4 is 21.8 Å². The Bertz CT molecular complexity index is 413. The molecular weight excluding hydrogens is 304 g/mol. The summed E-state index contributed by atoms with van der Waals surface area (Å²) in [4.78, 5) is 13.9. The van der Waals surface area contributed by atoms with Crippen LogP contribution in [0.4, 0.5) is 0 Å². The van der Waals surface area contributed by atoms with Gasteiger partial charge >= 0.3 is 0 Å². The largest absolute Gasteiger partial charge is 0.341 e. The quantitative estimate of drug-likeness (QED) is 0.903. The summed E-state index contributed by atoms with van der Waals surface area (Å²) in [7, 11) is 1.89. The Morgan fingerprint density at radius 2 is 2.16 bits per heavy atom. The van der Waals surface area contributed by atoms with Gasteiger partial charge in [0.2, 0.25) is 5.91 Å². The molecule has 1 saturated heterocycles. The molecule has 104 valence electrons. The predicted octanol–water partition coefficient (Wildman–Crippen LogP) is 2.80. The zero-order valence-electron chi connectivity index (χ0n) is 11.4. The Morgan fingerprint density at radius 1 is 1.42 bits per heavy atom. The normalized spacial score (nSPS) is 18.5. The topological polar surface area (TPSA) is 32.3 Å². The molecule has 1 aromatic rings. The van der Waals surface area contributed by atoms with Crippen LogP contribution in [0.1, 0.15) is 24.8 Å². The number of carbonyl (C=O) groups is 1. The van der Waals surface area contributed by atoms with Gasteiger partial charge in [0.05, 0.1) is 0 Å². The molecule has 19 heavy (non-hydrogen) atoms. The average molecular weight is 325 g/mol. The SMILES string of the molecule is CN(Cc1ccc(Br)cc1)C(=O)CCC1CCNC1. The predicted molar refractivity (Wildman–Crippen MR) is 80.8 cm³/mol. The van der Waals surface area contributed by atoms with E-state index >= 15 is 0 Å². The highest BCUT2D eigenvalue weighted by molar-refractivity contribution is 9.10. The van der Waals surface area contributed by atoms with Crippen molar-refractivity contribution in [1.29, 1.82) is 0 Å². The van der Waals surface area contributed by atoms with Gasteiger partial charge in [-0.25, -0.2) is 0 Å². The molecule has 0 spiro atoms. The molecule has 4 heteroatoms. The van der Waals surface area contributed by atoms with Crippen LogP contribution in [-0.4, -0.2) is 30.9 Å². The minimum atomic E-state index is 0.245. The minimum Gasteiger partial charge on any atom is -0.341 e. The standard InChI is InChI=1S/C15H21BrN2O/c1-18(11-13-2-5-14(16)6-3-13)15(19)7-4-12-8-9-17-10-12/h2-3,5-6,12,17H,4,7-11H2,1H3. The summed E-state index contributed by atoms with van der Waals surface area (Å²) in [5, 5.41) is 3.34. The fourth-order valence-electron chi connectivity index (χ4n) is 2.43. The molecule has 0 aliphatic carbocycles. The highest BCUT2D eigenvalue weighted by Crippen LogP contribution is 2.16. The third-order valence-corrected chi connectivity index (χ3v) is 4.22. The molecule has 1 aliphatic heterocycles. The van der Waals surface area contributed by atoms with Crippen LogP contribution in [0.5, 0.6) is 0 Å². The van der Waals surface area contributed by atoms with Gasteiger partial charge in [0.25, 0.3) is 0 Å². The smallest absolute Gasteiger partial charge is 0.222 e. The lowest BCUT2D eigenvalue weighted by Crippen LogP contribution is -2.26. The van der Waals surface area contributed by atoms with E-state index < -0.39 is 0 Å². The van der Waals surface area contributed by atoms with Crippen LogP contribution in [0.3, 0.4) is 0 Å². The van der Waals surface area contributed by atoms with E-state index in [1.807, 2.05) is 24.1 Å². The van der Waals surface area contributed by atoms with Crippen molar-refractivity contribution in [3.63, 3.8) is 0 Å². The molecule has 2 rings (SSSR count). The zero-order valence-corrected chi connectivity index (χ0v) is 12.9. The molecule has 1 unspecified atom stereocenters. The molecule has 0 bridgehead atoms. The van der Waals surface area contributed by atoms with Crippen molar-refractivity contribution in [2.75, 3.05) is 20.1 Å². The van der Waals surface area contributed by atoms with Gasteiger partial charge < -0.3 is 10.2 Å². The summed E-state index contributed by atoms with van der Waals surface area (Å²) in [6.07, 6.45) is 2.89. The molecule has 1 fully saturated rings. The van der Waals surface area contributed by atoms with Crippen LogP contribution in [0, 0.1) is 5.92 Å². The maximum atomic E-state index is 12.1. The molecule has 1 N–H and O–H groups in total. The van der Waals surface area contributed by atoms with Gasteiger partial charge in [-0.2, -0.15) is 0 Å². The van der Waals surface area contributed by atoms with Crippen LogP contribution >= 0.6 is 15.9 Å². The molecule has 1 aliphatic rings. The van der Waals surface area contributed by atoms with Crippen LogP contribution in [-0.2, 0) is 11.3 Å². The van der Waals surface area contributed by atoms with Gasteiger partial charge in [0.1, 0.15) is 0 Å². The Kier molecular flexibility index (Phi) is 5.40. The van der Waals surface area contributed by atoms with E-state index in [0.29, 0.717) is 18.9 Å². The number of nitrogens with zero attached hydrogens (tertiary/aromatic N) is 1. The Morgan fingerprint density at radius 3 is 2.79 bits per heavy atom. The lowest BCUT2D eigenvalue weighted by atomic mass is 10.0. The van der Waals surface area contributed by atoms with E-state index in [1.165, 1.54) is 12.0 Å². The highest BCUT2D eigenvalue weighted by Gasteiger charge is 2.17. The van der Waals surface area contributed by atoms with E-state index in [1.54, 1.807) is 0 Å². The molecule has 0 radical (unpaired) electrons. The molecular formula is C15H21BrN2O. The molecule has 3 nitrogen and oxygen atoms in total. The third kappa shape index (κ3) is 4.62. The summed E-state index contributed by atoms with van der Waals surface area (Å²) in [6.45, 7) is 2.87. The third-order valence-electron chi connectivity index (χ3n) is 3.69. The summed E-state index contributed by atoms with van der Waals surface area (Å²) < 4.78 is 1.07. The van der Waals surface area contributed by atoms with Gasteiger partial charge in [-0.1, -0.05) is 28.1 Å². The van der Waals surface area contributed by atoms with Crippen molar-refractivity contribution in [2.45, 2.75) is 25.8 Å². The average Bonchev–Trinajstić information content (AvgIpc) is 2.91. The molecule has 1 aromatic carbocycles.